The number of aliphatic carboxylic acids is 1. The summed E-state index contributed by atoms with van der Waals surface area (Å²) in [6.07, 6.45) is 3.15. The van der Waals surface area contributed by atoms with E-state index in [1.807, 2.05) is 0 Å². The molecule has 1 aromatic heterocycles. The van der Waals surface area contributed by atoms with Crippen molar-refractivity contribution in [3.05, 3.63) is 30.1 Å². The molecule has 0 bridgehead atoms. The molecule has 70 valence electrons. The molecule has 4 nitrogen and oxygen atoms in total. The van der Waals surface area contributed by atoms with Crippen molar-refractivity contribution in [1.29, 1.82) is 0 Å². The van der Waals surface area contributed by atoms with Crippen molar-refractivity contribution < 1.29 is 9.90 Å². The normalized spacial score (nSPS) is 14.9. The second kappa shape index (κ2) is 3.53. The van der Waals surface area contributed by atoms with Crippen molar-refractivity contribution in [2.75, 3.05) is 7.05 Å². The van der Waals surface area contributed by atoms with Crippen molar-refractivity contribution in [1.82, 2.24) is 10.3 Å². The molecule has 1 rings (SSSR count). The maximum atomic E-state index is 11.0. The van der Waals surface area contributed by atoms with E-state index in [9.17, 15) is 4.79 Å². The molecule has 1 aromatic rings. The Kier molecular flexibility index (Phi) is 2.63. The van der Waals surface area contributed by atoms with Crippen LogP contribution in [0.4, 0.5) is 0 Å². The average Bonchev–Trinajstić information content (AvgIpc) is 2.17. The van der Waals surface area contributed by atoms with Gasteiger partial charge in [-0.25, -0.2) is 4.79 Å². The van der Waals surface area contributed by atoms with Crippen molar-refractivity contribution in [2.45, 2.75) is 12.5 Å². The van der Waals surface area contributed by atoms with Crippen LogP contribution in [0.15, 0.2) is 24.5 Å². The second-order valence-electron chi connectivity index (χ2n) is 2.92. The first-order valence-electron chi connectivity index (χ1n) is 3.94. The lowest BCUT2D eigenvalue weighted by atomic mass is 9.93. The molecule has 0 saturated heterocycles. The highest BCUT2D eigenvalue weighted by atomic mass is 16.4. The molecule has 0 aliphatic rings. The van der Waals surface area contributed by atoms with Crippen molar-refractivity contribution in [3.8, 4) is 0 Å². The molecule has 2 N–H and O–H groups in total. The number of nitrogens with zero attached hydrogens (tertiary/aromatic N) is 1. The van der Waals surface area contributed by atoms with Crippen LogP contribution in [0.5, 0.6) is 0 Å². The predicted molar refractivity (Wildman–Crippen MR) is 48.3 cm³/mol. The van der Waals surface area contributed by atoms with Crippen LogP contribution < -0.4 is 5.32 Å². The van der Waals surface area contributed by atoms with Gasteiger partial charge in [0.15, 0.2) is 0 Å². The Bertz CT molecular complexity index is 300. The number of likely N-dealkylation sites (N-methyl/N-ethyl adjacent to an activating group) is 1. The molecule has 0 aliphatic carbocycles. The van der Waals surface area contributed by atoms with Gasteiger partial charge >= 0.3 is 5.97 Å². The van der Waals surface area contributed by atoms with E-state index in [2.05, 4.69) is 10.3 Å². The fourth-order valence-corrected chi connectivity index (χ4v) is 1.06. The summed E-state index contributed by atoms with van der Waals surface area (Å²) in [6, 6.07) is 3.37. The molecule has 0 aliphatic heterocycles. The van der Waals surface area contributed by atoms with Crippen LogP contribution in [0.1, 0.15) is 12.5 Å². The summed E-state index contributed by atoms with van der Waals surface area (Å²) in [6.45, 7) is 1.62. The Morgan fingerprint density at radius 1 is 1.54 bits per heavy atom. The van der Waals surface area contributed by atoms with Gasteiger partial charge in [-0.3, -0.25) is 4.98 Å². The average molecular weight is 180 g/mol. The number of hydrogen-bond acceptors (Lipinski definition) is 3. The van der Waals surface area contributed by atoms with Crippen molar-refractivity contribution in [3.63, 3.8) is 0 Å². The maximum Gasteiger partial charge on any atom is 0.328 e. The van der Waals surface area contributed by atoms with Crippen LogP contribution in [0.2, 0.25) is 0 Å². The molecule has 1 heterocycles. The van der Waals surface area contributed by atoms with Crippen LogP contribution in [-0.4, -0.2) is 23.1 Å². The predicted octanol–water partition coefficient (Wildman–Crippen LogP) is 0.601. The van der Waals surface area contributed by atoms with Gasteiger partial charge in [0.2, 0.25) is 0 Å². The molecule has 0 fully saturated rings. The lowest BCUT2D eigenvalue weighted by Crippen LogP contribution is -2.44. The van der Waals surface area contributed by atoms with Gasteiger partial charge in [0.25, 0.3) is 0 Å². The first-order valence-corrected chi connectivity index (χ1v) is 3.94. The summed E-state index contributed by atoms with van der Waals surface area (Å²) in [5, 5.41) is 11.8. The molecule has 1 atom stereocenters. The minimum Gasteiger partial charge on any atom is -0.480 e. The van der Waals surface area contributed by atoms with Gasteiger partial charge in [-0.15, -0.1) is 0 Å². The highest BCUT2D eigenvalue weighted by Gasteiger charge is 2.32. The van der Waals surface area contributed by atoms with Gasteiger partial charge in [-0.05, 0) is 31.7 Å². The Hall–Kier alpha value is -1.42. The molecule has 0 aromatic carbocycles. The van der Waals surface area contributed by atoms with E-state index < -0.39 is 11.5 Å². The lowest BCUT2D eigenvalue weighted by molar-refractivity contribution is -0.144. The number of carbonyl (C=O) groups is 1. The number of pyridine rings is 1. The van der Waals surface area contributed by atoms with E-state index in [4.69, 9.17) is 5.11 Å². The number of hydrogen-bond donors (Lipinski definition) is 2. The zero-order valence-electron chi connectivity index (χ0n) is 7.61. The zero-order chi connectivity index (χ0) is 9.90. The summed E-state index contributed by atoms with van der Waals surface area (Å²) in [5.74, 6) is -0.902. The van der Waals surface area contributed by atoms with Gasteiger partial charge in [0.1, 0.15) is 5.54 Å². The lowest BCUT2D eigenvalue weighted by Gasteiger charge is -2.24. The van der Waals surface area contributed by atoms with Gasteiger partial charge in [0, 0.05) is 12.4 Å². The molecular weight excluding hydrogens is 168 g/mol. The van der Waals surface area contributed by atoms with Crippen molar-refractivity contribution >= 4 is 5.97 Å². The fourth-order valence-electron chi connectivity index (χ4n) is 1.06. The Labute approximate surface area is 76.6 Å². The quantitative estimate of drug-likeness (QED) is 0.715. The minimum absolute atomic E-state index is 0.692. The van der Waals surface area contributed by atoms with Gasteiger partial charge < -0.3 is 10.4 Å². The van der Waals surface area contributed by atoms with Crippen LogP contribution in [0.25, 0.3) is 0 Å². The third-order valence-corrected chi connectivity index (χ3v) is 2.19. The van der Waals surface area contributed by atoms with Gasteiger partial charge in [-0.1, -0.05) is 0 Å². The molecule has 4 heteroatoms. The standard InChI is InChI=1S/C9H12N2O2/c1-9(10-2,8(12)13)7-3-5-11-6-4-7/h3-6,10H,1-2H3,(H,12,13). The van der Waals surface area contributed by atoms with Crippen LogP contribution >= 0.6 is 0 Å². The molecule has 0 saturated carbocycles. The van der Waals surface area contributed by atoms with Gasteiger partial charge in [0.05, 0.1) is 0 Å². The minimum atomic E-state index is -1.04. The summed E-state index contributed by atoms with van der Waals surface area (Å²) in [5.41, 5.74) is -0.347. The Morgan fingerprint density at radius 2 is 2.08 bits per heavy atom. The fraction of sp³-hybridized carbons (Fsp3) is 0.333. The van der Waals surface area contributed by atoms with E-state index in [1.165, 1.54) is 0 Å². The third-order valence-electron chi connectivity index (χ3n) is 2.19. The Balaban J connectivity index is 3.11. The molecule has 13 heavy (non-hydrogen) atoms. The first-order chi connectivity index (χ1) is 6.11. The topological polar surface area (TPSA) is 62.2 Å². The molecule has 0 spiro atoms. The molecular formula is C9H12N2O2. The van der Waals surface area contributed by atoms with Crippen LogP contribution in [-0.2, 0) is 10.3 Å². The van der Waals surface area contributed by atoms with Crippen LogP contribution in [0.3, 0.4) is 0 Å². The summed E-state index contributed by atoms with van der Waals surface area (Å²) in [4.78, 5) is 14.8. The van der Waals surface area contributed by atoms with Crippen molar-refractivity contribution in [2.24, 2.45) is 0 Å². The van der Waals surface area contributed by atoms with E-state index >= 15 is 0 Å². The molecule has 0 amide bonds. The SMILES string of the molecule is CNC(C)(C(=O)O)c1ccncc1. The largest absolute Gasteiger partial charge is 0.480 e. The second-order valence-corrected chi connectivity index (χ2v) is 2.92. The van der Waals surface area contributed by atoms with E-state index in [0.29, 0.717) is 5.56 Å². The Morgan fingerprint density at radius 3 is 2.46 bits per heavy atom. The van der Waals surface area contributed by atoms with Gasteiger partial charge in [-0.2, -0.15) is 0 Å². The van der Waals surface area contributed by atoms with E-state index in [0.717, 1.165) is 0 Å². The number of carboxylic acids is 1. The summed E-state index contributed by atoms with van der Waals surface area (Å²) >= 11 is 0. The number of aromatic nitrogens is 1. The monoisotopic (exact) mass is 180 g/mol. The first kappa shape index (κ1) is 9.67. The van der Waals surface area contributed by atoms with E-state index in [-0.39, 0.29) is 0 Å². The van der Waals surface area contributed by atoms with Crippen LogP contribution in [0, 0.1) is 0 Å². The third kappa shape index (κ3) is 1.67. The molecule has 0 radical (unpaired) electrons. The highest BCUT2D eigenvalue weighted by Crippen LogP contribution is 2.19. The summed E-state index contributed by atoms with van der Waals surface area (Å²) < 4.78 is 0. The molecule has 1 unspecified atom stereocenters. The zero-order valence-corrected chi connectivity index (χ0v) is 7.61. The number of rotatable bonds is 3. The maximum absolute atomic E-state index is 11.0. The number of nitrogens with one attached hydrogen (secondary N) is 1. The van der Waals surface area contributed by atoms with E-state index in [1.54, 1.807) is 38.5 Å². The highest BCUT2D eigenvalue weighted by molar-refractivity contribution is 5.80. The smallest absolute Gasteiger partial charge is 0.328 e. The number of carboxylic acid groups (broad SMARTS) is 1. The summed E-state index contributed by atoms with van der Waals surface area (Å²) in [7, 11) is 1.62.